The summed E-state index contributed by atoms with van der Waals surface area (Å²) in [6, 6.07) is 22.4. The highest BCUT2D eigenvalue weighted by molar-refractivity contribution is 7.80. The quantitative estimate of drug-likeness (QED) is 0.395. The molecule has 0 unspecified atom stereocenters. The Bertz CT molecular complexity index is 1240. The van der Waals surface area contributed by atoms with Crippen molar-refractivity contribution in [1.82, 2.24) is 10.6 Å². The average Bonchev–Trinajstić information content (AvgIpc) is 2.88. The molecule has 1 aliphatic rings. The number of benzene rings is 3. The van der Waals surface area contributed by atoms with Gasteiger partial charge in [0.2, 0.25) is 0 Å². The maximum atomic E-state index is 13.4. The summed E-state index contributed by atoms with van der Waals surface area (Å²) in [4.78, 5) is 13.4. The number of rotatable bonds is 8. The lowest BCUT2D eigenvalue weighted by atomic mass is 9.95. The summed E-state index contributed by atoms with van der Waals surface area (Å²) in [5.74, 6) is 1.60. The average molecular weight is 490 g/mol. The smallest absolute Gasteiger partial charge is 0.255 e. The minimum absolute atomic E-state index is 0.275. The van der Waals surface area contributed by atoms with E-state index < -0.39 is 6.04 Å². The van der Waals surface area contributed by atoms with Crippen LogP contribution in [0.2, 0.25) is 0 Å². The fourth-order valence-electron chi connectivity index (χ4n) is 3.83. The Morgan fingerprint density at radius 1 is 0.971 bits per heavy atom. The number of hydrogen-bond acceptors (Lipinski definition) is 5. The second-order valence-electron chi connectivity index (χ2n) is 7.93. The zero-order valence-corrected chi connectivity index (χ0v) is 20.6. The van der Waals surface area contributed by atoms with Gasteiger partial charge in [-0.05, 0) is 54.5 Å². The van der Waals surface area contributed by atoms with Crippen LogP contribution in [0.1, 0.15) is 24.1 Å². The number of thiocarbonyl (C=S) groups is 1. The monoisotopic (exact) mass is 489 g/mol. The van der Waals surface area contributed by atoms with Crippen LogP contribution in [0.4, 0.5) is 5.69 Å². The molecule has 180 valence electrons. The molecule has 0 saturated carbocycles. The maximum absolute atomic E-state index is 13.4. The van der Waals surface area contributed by atoms with Gasteiger partial charge in [0.05, 0.1) is 31.5 Å². The highest BCUT2D eigenvalue weighted by Crippen LogP contribution is 2.32. The second kappa shape index (κ2) is 10.9. The van der Waals surface area contributed by atoms with Gasteiger partial charge in [0.1, 0.15) is 23.9 Å². The molecule has 1 atom stereocenters. The summed E-state index contributed by atoms with van der Waals surface area (Å²) in [5.41, 5.74) is 3.71. The Morgan fingerprint density at radius 3 is 2.37 bits per heavy atom. The van der Waals surface area contributed by atoms with Crippen LogP contribution in [0.3, 0.4) is 0 Å². The van der Waals surface area contributed by atoms with Crippen LogP contribution in [0.5, 0.6) is 17.2 Å². The summed E-state index contributed by atoms with van der Waals surface area (Å²) < 4.78 is 16.6. The van der Waals surface area contributed by atoms with E-state index in [0.29, 0.717) is 40.2 Å². The number of methoxy groups -OCH3 is 2. The Hall–Kier alpha value is -4.04. The summed E-state index contributed by atoms with van der Waals surface area (Å²) in [6.07, 6.45) is 0. The van der Waals surface area contributed by atoms with E-state index >= 15 is 0 Å². The van der Waals surface area contributed by atoms with Crippen LogP contribution in [0.15, 0.2) is 84.1 Å². The van der Waals surface area contributed by atoms with Crippen LogP contribution in [0.25, 0.3) is 0 Å². The standard InChI is InChI=1S/C27H27N3O4S/c1-17-24(26(31)29-22-14-13-21(32-2)15-23(22)33-3)25(30-27(35)28-17)19-9-11-20(12-10-19)34-16-18-7-5-4-6-8-18/h4-15,25H,16H2,1-3H3,(H,29,31)(H2,28,30,35)/t25-/m1/s1. The van der Waals surface area contributed by atoms with Gasteiger partial charge in [0, 0.05) is 11.8 Å². The van der Waals surface area contributed by atoms with Crippen molar-refractivity contribution in [3.8, 4) is 17.2 Å². The minimum Gasteiger partial charge on any atom is -0.497 e. The molecule has 4 rings (SSSR count). The second-order valence-corrected chi connectivity index (χ2v) is 8.34. The molecular weight excluding hydrogens is 462 g/mol. The van der Waals surface area contributed by atoms with Gasteiger partial charge in [0.25, 0.3) is 5.91 Å². The van der Waals surface area contributed by atoms with Crippen LogP contribution in [0, 0.1) is 0 Å². The fourth-order valence-corrected chi connectivity index (χ4v) is 4.10. The van der Waals surface area contributed by atoms with Crippen LogP contribution >= 0.6 is 12.2 Å². The first kappa shape index (κ1) is 24.1. The highest BCUT2D eigenvalue weighted by atomic mass is 32.1. The van der Waals surface area contributed by atoms with Crippen LogP contribution in [-0.4, -0.2) is 25.2 Å². The molecule has 0 fully saturated rings. The van der Waals surface area contributed by atoms with Crippen LogP contribution in [-0.2, 0) is 11.4 Å². The molecule has 8 heteroatoms. The third kappa shape index (κ3) is 5.73. The molecule has 1 amide bonds. The molecule has 0 radical (unpaired) electrons. The zero-order chi connectivity index (χ0) is 24.8. The first-order chi connectivity index (χ1) is 17.0. The van der Waals surface area contributed by atoms with Gasteiger partial charge < -0.3 is 30.2 Å². The summed E-state index contributed by atoms with van der Waals surface area (Å²) in [6.45, 7) is 2.31. The lowest BCUT2D eigenvalue weighted by Crippen LogP contribution is -2.45. The van der Waals surface area contributed by atoms with Gasteiger partial charge in [0.15, 0.2) is 5.11 Å². The topological polar surface area (TPSA) is 80.9 Å². The predicted octanol–water partition coefficient (Wildman–Crippen LogP) is 4.71. The van der Waals surface area contributed by atoms with E-state index in [9.17, 15) is 4.79 Å². The maximum Gasteiger partial charge on any atom is 0.255 e. The van der Waals surface area contributed by atoms with Crippen molar-refractivity contribution in [2.24, 2.45) is 0 Å². The number of carbonyl (C=O) groups excluding carboxylic acids is 1. The van der Waals surface area contributed by atoms with Crippen LogP contribution < -0.4 is 30.2 Å². The lowest BCUT2D eigenvalue weighted by molar-refractivity contribution is -0.113. The SMILES string of the molecule is COc1ccc(NC(=O)C2=C(C)NC(=S)N[C@@H]2c2ccc(OCc3ccccc3)cc2)c(OC)c1. The molecule has 0 bridgehead atoms. The molecule has 1 heterocycles. The third-order valence-electron chi connectivity index (χ3n) is 5.63. The number of ether oxygens (including phenoxy) is 3. The Morgan fingerprint density at radius 2 is 1.69 bits per heavy atom. The van der Waals surface area contributed by atoms with E-state index in [4.69, 9.17) is 26.4 Å². The predicted molar refractivity (Wildman–Crippen MR) is 140 cm³/mol. The highest BCUT2D eigenvalue weighted by Gasteiger charge is 2.30. The van der Waals surface area contributed by atoms with Crippen molar-refractivity contribution in [2.45, 2.75) is 19.6 Å². The molecule has 3 aromatic carbocycles. The summed E-state index contributed by atoms with van der Waals surface area (Å²) in [5, 5.41) is 9.68. The van der Waals surface area contributed by atoms with E-state index in [1.807, 2.05) is 61.5 Å². The lowest BCUT2D eigenvalue weighted by Gasteiger charge is -2.30. The van der Waals surface area contributed by atoms with Gasteiger partial charge in [-0.2, -0.15) is 0 Å². The first-order valence-electron chi connectivity index (χ1n) is 11.1. The Balaban J connectivity index is 1.54. The molecule has 0 saturated heterocycles. The molecule has 7 nitrogen and oxygen atoms in total. The van der Waals surface area contributed by atoms with E-state index in [1.165, 1.54) is 0 Å². The van der Waals surface area contributed by atoms with Gasteiger partial charge >= 0.3 is 0 Å². The molecule has 35 heavy (non-hydrogen) atoms. The van der Waals surface area contributed by atoms with Crippen molar-refractivity contribution in [2.75, 3.05) is 19.5 Å². The van der Waals surface area contributed by atoms with Gasteiger partial charge in [-0.1, -0.05) is 42.5 Å². The number of hydrogen-bond donors (Lipinski definition) is 3. The van der Waals surface area contributed by atoms with Gasteiger partial charge in [-0.3, -0.25) is 4.79 Å². The third-order valence-corrected chi connectivity index (χ3v) is 5.85. The normalized spacial score (nSPS) is 15.1. The molecule has 0 aromatic heterocycles. The Kier molecular flexibility index (Phi) is 7.52. The van der Waals surface area contributed by atoms with Crippen molar-refractivity contribution in [1.29, 1.82) is 0 Å². The Labute approximate surface area is 210 Å². The zero-order valence-electron chi connectivity index (χ0n) is 19.8. The molecule has 3 aromatic rings. The van der Waals surface area contributed by atoms with Gasteiger partial charge in [-0.25, -0.2) is 0 Å². The molecule has 0 aliphatic carbocycles. The van der Waals surface area contributed by atoms with Crippen molar-refractivity contribution in [3.63, 3.8) is 0 Å². The minimum atomic E-state index is -0.434. The fraction of sp³-hybridized carbons (Fsp3) is 0.185. The number of allylic oxidation sites excluding steroid dienone is 1. The number of nitrogens with one attached hydrogen (secondary N) is 3. The van der Waals surface area contributed by atoms with E-state index in [0.717, 1.165) is 16.9 Å². The molecule has 3 N–H and O–H groups in total. The van der Waals surface area contributed by atoms with Crippen molar-refractivity contribution >= 4 is 28.9 Å². The number of amides is 1. The summed E-state index contributed by atoms with van der Waals surface area (Å²) in [7, 11) is 3.12. The first-order valence-corrected chi connectivity index (χ1v) is 11.5. The molecular formula is C27H27N3O4S. The number of anilines is 1. The van der Waals surface area contributed by atoms with E-state index in [-0.39, 0.29) is 5.91 Å². The molecule has 0 spiro atoms. The van der Waals surface area contributed by atoms with Gasteiger partial charge in [-0.15, -0.1) is 0 Å². The van der Waals surface area contributed by atoms with Crippen molar-refractivity contribution in [3.05, 3.63) is 95.2 Å². The van der Waals surface area contributed by atoms with E-state index in [1.54, 1.807) is 32.4 Å². The molecule has 1 aliphatic heterocycles. The van der Waals surface area contributed by atoms with Crippen molar-refractivity contribution < 1.29 is 19.0 Å². The number of carbonyl (C=O) groups is 1. The van der Waals surface area contributed by atoms with E-state index in [2.05, 4.69) is 16.0 Å². The summed E-state index contributed by atoms with van der Waals surface area (Å²) >= 11 is 5.37. The largest absolute Gasteiger partial charge is 0.497 e.